The van der Waals surface area contributed by atoms with Crippen LogP contribution in [0.1, 0.15) is 6.42 Å². The molecule has 0 aliphatic rings. The summed E-state index contributed by atoms with van der Waals surface area (Å²) in [7, 11) is 0. The summed E-state index contributed by atoms with van der Waals surface area (Å²) in [5.41, 5.74) is 9.63. The molecule has 0 fully saturated rings. The Morgan fingerprint density at radius 1 is 1.33 bits per heavy atom. The maximum Gasteiger partial charge on any atom is 0.240 e. The Labute approximate surface area is 69.3 Å². The Balaban J connectivity index is 4.14. The van der Waals surface area contributed by atoms with Crippen LogP contribution in [0.25, 0.3) is 0 Å². The number of carbonyl (C=O) groups excluding carboxylic acids is 3. The number of hydrogen-bond donors (Lipinski definition) is 3. The lowest BCUT2D eigenvalue weighted by atomic mass is 10.2. The van der Waals surface area contributed by atoms with Crippen molar-refractivity contribution in [2.45, 2.75) is 12.5 Å². The van der Waals surface area contributed by atoms with Gasteiger partial charge >= 0.3 is 0 Å². The van der Waals surface area contributed by atoms with E-state index in [1.807, 2.05) is 0 Å². The summed E-state index contributed by atoms with van der Waals surface area (Å²) in [4.78, 5) is 31.2. The molecule has 6 heteroatoms. The van der Waals surface area contributed by atoms with Gasteiger partial charge in [-0.2, -0.15) is 0 Å². The van der Waals surface area contributed by atoms with E-state index in [1.54, 1.807) is 0 Å². The molecule has 0 spiro atoms. The topological polar surface area (TPSA) is 115 Å². The molecule has 0 bridgehead atoms. The molecule has 0 heterocycles. The second kappa shape index (κ2) is 4.32. The van der Waals surface area contributed by atoms with Gasteiger partial charge in [0.15, 0.2) is 0 Å². The second-order valence-corrected chi connectivity index (χ2v) is 2.19. The molecule has 0 aromatic heterocycles. The van der Waals surface area contributed by atoms with Crippen molar-refractivity contribution < 1.29 is 14.4 Å². The van der Waals surface area contributed by atoms with Crippen molar-refractivity contribution in [2.24, 2.45) is 11.5 Å². The van der Waals surface area contributed by atoms with Crippen LogP contribution in [0.2, 0.25) is 0 Å². The summed E-state index contributed by atoms with van der Waals surface area (Å²) in [6, 6.07) is -1.06. The molecule has 0 aromatic rings. The third-order valence-corrected chi connectivity index (χ3v) is 1.08. The van der Waals surface area contributed by atoms with Crippen LogP contribution in [0.4, 0.5) is 0 Å². The van der Waals surface area contributed by atoms with Crippen LogP contribution < -0.4 is 16.8 Å². The van der Waals surface area contributed by atoms with E-state index in [0.29, 0.717) is 0 Å². The van der Waals surface area contributed by atoms with Crippen LogP contribution in [0.3, 0.4) is 0 Å². The fourth-order valence-corrected chi connectivity index (χ4v) is 0.618. The first-order valence-corrected chi connectivity index (χ1v) is 3.13. The number of hydrogen-bond acceptors (Lipinski definition) is 3. The van der Waals surface area contributed by atoms with Crippen LogP contribution in [0, 0.1) is 6.92 Å². The predicted molar refractivity (Wildman–Crippen MR) is 40.3 cm³/mol. The minimum absolute atomic E-state index is 0.309. The maximum atomic E-state index is 10.5. The van der Waals surface area contributed by atoms with E-state index in [0.717, 1.165) is 0 Å². The quantitative estimate of drug-likeness (QED) is 0.441. The van der Waals surface area contributed by atoms with Crippen LogP contribution in [-0.2, 0) is 14.4 Å². The Hall–Kier alpha value is -1.59. The van der Waals surface area contributed by atoms with E-state index >= 15 is 0 Å². The number of rotatable bonds is 4. The van der Waals surface area contributed by atoms with E-state index < -0.39 is 23.8 Å². The average Bonchev–Trinajstić information content (AvgIpc) is 1.83. The molecule has 0 saturated heterocycles. The highest BCUT2D eigenvalue weighted by atomic mass is 16.2. The van der Waals surface area contributed by atoms with Gasteiger partial charge in [-0.25, -0.2) is 0 Å². The van der Waals surface area contributed by atoms with Crippen molar-refractivity contribution in [3.05, 3.63) is 6.92 Å². The highest BCUT2D eigenvalue weighted by molar-refractivity contribution is 5.91. The Morgan fingerprint density at radius 3 is 2.08 bits per heavy atom. The zero-order chi connectivity index (χ0) is 9.72. The van der Waals surface area contributed by atoms with E-state index in [9.17, 15) is 14.4 Å². The first kappa shape index (κ1) is 10.4. The van der Waals surface area contributed by atoms with E-state index in [1.165, 1.54) is 0 Å². The lowest BCUT2D eigenvalue weighted by molar-refractivity contribution is -0.128. The van der Waals surface area contributed by atoms with Crippen LogP contribution >= 0.6 is 0 Å². The molecule has 5 N–H and O–H groups in total. The molecule has 0 saturated carbocycles. The molecule has 0 aliphatic carbocycles. The summed E-state index contributed by atoms with van der Waals surface area (Å²) in [5.74, 6) is -2.21. The fraction of sp³-hybridized carbons (Fsp3) is 0.333. The van der Waals surface area contributed by atoms with Crippen molar-refractivity contribution in [3.8, 4) is 0 Å². The number of carbonyl (C=O) groups is 3. The first-order valence-electron chi connectivity index (χ1n) is 3.13. The summed E-state index contributed by atoms with van der Waals surface area (Å²) in [6.07, 6.45) is -0.309. The average molecular weight is 172 g/mol. The number of amides is 3. The van der Waals surface area contributed by atoms with Gasteiger partial charge in [0.1, 0.15) is 6.04 Å². The highest BCUT2D eigenvalue weighted by Gasteiger charge is 2.18. The van der Waals surface area contributed by atoms with Crippen molar-refractivity contribution >= 4 is 17.7 Å². The van der Waals surface area contributed by atoms with Gasteiger partial charge in [-0.15, -0.1) is 0 Å². The molecule has 1 radical (unpaired) electrons. The van der Waals surface area contributed by atoms with Crippen molar-refractivity contribution in [1.82, 2.24) is 5.32 Å². The van der Waals surface area contributed by atoms with Gasteiger partial charge in [0.25, 0.3) is 0 Å². The molecule has 67 valence electrons. The van der Waals surface area contributed by atoms with E-state index in [2.05, 4.69) is 12.2 Å². The zero-order valence-corrected chi connectivity index (χ0v) is 6.37. The van der Waals surface area contributed by atoms with Gasteiger partial charge in [-0.1, -0.05) is 0 Å². The Bertz CT molecular complexity index is 198. The van der Waals surface area contributed by atoms with E-state index in [-0.39, 0.29) is 6.42 Å². The zero-order valence-electron chi connectivity index (χ0n) is 6.37. The third kappa shape index (κ3) is 4.26. The molecule has 0 aromatic carbocycles. The van der Waals surface area contributed by atoms with Crippen molar-refractivity contribution in [2.75, 3.05) is 0 Å². The van der Waals surface area contributed by atoms with Gasteiger partial charge in [0, 0.05) is 6.92 Å². The van der Waals surface area contributed by atoms with E-state index in [4.69, 9.17) is 11.5 Å². The smallest absolute Gasteiger partial charge is 0.240 e. The van der Waals surface area contributed by atoms with Gasteiger partial charge in [0.05, 0.1) is 6.42 Å². The van der Waals surface area contributed by atoms with Crippen molar-refractivity contribution in [3.63, 3.8) is 0 Å². The molecular weight excluding hydrogens is 162 g/mol. The molecule has 0 aliphatic heterocycles. The van der Waals surface area contributed by atoms with Gasteiger partial charge < -0.3 is 16.8 Å². The monoisotopic (exact) mass is 172 g/mol. The SMILES string of the molecule is [CH2]C(=O)NC(CC(N)=O)C(N)=O. The van der Waals surface area contributed by atoms with Gasteiger partial charge in [-0.05, 0) is 0 Å². The fourth-order valence-electron chi connectivity index (χ4n) is 0.618. The number of primary amides is 2. The normalized spacial score (nSPS) is 11.8. The number of nitrogens with two attached hydrogens (primary N) is 2. The standard InChI is InChI=1S/C6H10N3O3/c1-3(10)9-4(6(8)12)2-5(7)11/h4H,1-2H2,(H2,7,11)(H2,8,12)(H,9,10). The largest absolute Gasteiger partial charge is 0.370 e. The van der Waals surface area contributed by atoms with Crippen molar-refractivity contribution in [1.29, 1.82) is 0 Å². The Morgan fingerprint density at radius 2 is 1.83 bits per heavy atom. The summed E-state index contributed by atoms with van der Waals surface area (Å²) in [6.45, 7) is 2.96. The summed E-state index contributed by atoms with van der Waals surface area (Å²) in [5, 5.41) is 2.09. The Kier molecular flexibility index (Phi) is 3.75. The molecular formula is C6H10N3O3. The number of nitrogens with one attached hydrogen (secondary N) is 1. The van der Waals surface area contributed by atoms with Gasteiger partial charge in [-0.3, -0.25) is 14.4 Å². The second-order valence-electron chi connectivity index (χ2n) is 2.19. The lowest BCUT2D eigenvalue weighted by Gasteiger charge is -2.11. The molecule has 12 heavy (non-hydrogen) atoms. The minimum atomic E-state index is -1.06. The van der Waals surface area contributed by atoms with Crippen LogP contribution in [0.5, 0.6) is 0 Å². The predicted octanol–water partition coefficient (Wildman–Crippen LogP) is -2.33. The van der Waals surface area contributed by atoms with Crippen LogP contribution in [-0.4, -0.2) is 23.8 Å². The third-order valence-electron chi connectivity index (χ3n) is 1.08. The lowest BCUT2D eigenvalue weighted by Crippen LogP contribution is -2.45. The van der Waals surface area contributed by atoms with Crippen LogP contribution in [0.15, 0.2) is 0 Å². The summed E-state index contributed by atoms with van der Waals surface area (Å²) < 4.78 is 0. The molecule has 1 atom stereocenters. The minimum Gasteiger partial charge on any atom is -0.370 e. The molecule has 3 amide bonds. The maximum absolute atomic E-state index is 10.5. The highest BCUT2D eigenvalue weighted by Crippen LogP contribution is 1.89. The first-order chi connectivity index (χ1) is 5.43. The molecule has 1 unspecified atom stereocenters. The molecule has 6 nitrogen and oxygen atoms in total. The van der Waals surface area contributed by atoms with Gasteiger partial charge in [0.2, 0.25) is 17.7 Å². The molecule has 0 rings (SSSR count). The summed E-state index contributed by atoms with van der Waals surface area (Å²) >= 11 is 0.